The maximum atomic E-state index is 13.4. The van der Waals surface area contributed by atoms with Gasteiger partial charge in [0.25, 0.3) is 5.56 Å². The Morgan fingerprint density at radius 3 is 2.74 bits per heavy atom. The van der Waals surface area contributed by atoms with Gasteiger partial charge in [-0.05, 0) is 56.0 Å². The van der Waals surface area contributed by atoms with Gasteiger partial charge in [-0.25, -0.2) is 9.07 Å². The van der Waals surface area contributed by atoms with Crippen LogP contribution in [0.3, 0.4) is 0 Å². The highest BCUT2D eigenvalue weighted by Gasteiger charge is 2.29. The third kappa shape index (κ3) is 5.50. The number of benzene rings is 1. The van der Waals surface area contributed by atoms with Gasteiger partial charge >= 0.3 is 0 Å². The van der Waals surface area contributed by atoms with E-state index in [4.69, 9.17) is 0 Å². The van der Waals surface area contributed by atoms with Crippen LogP contribution >= 0.6 is 0 Å². The summed E-state index contributed by atoms with van der Waals surface area (Å²) in [5, 5.41) is 7.21. The van der Waals surface area contributed by atoms with Crippen LogP contribution in [-0.2, 0) is 18.4 Å². The fourth-order valence-corrected chi connectivity index (χ4v) is 4.47. The van der Waals surface area contributed by atoms with Crippen LogP contribution in [-0.4, -0.2) is 53.3 Å². The minimum absolute atomic E-state index is 0.0582. The van der Waals surface area contributed by atoms with Gasteiger partial charge in [-0.3, -0.25) is 14.5 Å². The van der Waals surface area contributed by atoms with Crippen molar-refractivity contribution >= 4 is 11.6 Å². The number of nitrogens with one attached hydrogen (secondary N) is 1. The van der Waals surface area contributed by atoms with Crippen LogP contribution in [0.5, 0.6) is 0 Å². The van der Waals surface area contributed by atoms with Gasteiger partial charge in [0.1, 0.15) is 5.82 Å². The van der Waals surface area contributed by atoms with Crippen LogP contribution in [0.15, 0.2) is 41.3 Å². The maximum Gasteiger partial charge on any atom is 0.268 e. The van der Waals surface area contributed by atoms with Crippen molar-refractivity contribution in [2.75, 3.05) is 37.6 Å². The monoisotopic (exact) mass is 427 g/mol. The Morgan fingerprint density at radius 1 is 1.19 bits per heavy atom. The van der Waals surface area contributed by atoms with E-state index in [0.717, 1.165) is 56.7 Å². The van der Waals surface area contributed by atoms with Gasteiger partial charge in [-0.1, -0.05) is 12.1 Å². The smallest absolute Gasteiger partial charge is 0.268 e. The van der Waals surface area contributed by atoms with Gasteiger partial charge in [-0.2, -0.15) is 5.10 Å². The molecule has 7 nitrogen and oxygen atoms in total. The number of hydrogen-bond donors (Lipinski definition) is 1. The lowest BCUT2D eigenvalue weighted by atomic mass is 9.96. The Balaban J connectivity index is 1.19. The van der Waals surface area contributed by atoms with E-state index in [1.54, 1.807) is 31.4 Å². The fraction of sp³-hybridized carbons (Fsp3) is 0.522. The molecule has 1 N–H and O–H groups in total. The highest BCUT2D eigenvalue weighted by Crippen LogP contribution is 2.23. The van der Waals surface area contributed by atoms with Gasteiger partial charge in [0.15, 0.2) is 0 Å². The third-order valence-corrected chi connectivity index (χ3v) is 6.45. The molecule has 166 valence electrons. The molecule has 0 aliphatic carbocycles. The maximum absolute atomic E-state index is 13.4. The average Bonchev–Trinajstić information content (AvgIpc) is 3.25. The lowest BCUT2D eigenvalue weighted by Crippen LogP contribution is -2.40. The number of rotatable bonds is 6. The van der Waals surface area contributed by atoms with Crippen molar-refractivity contribution < 1.29 is 9.18 Å². The molecule has 2 fully saturated rings. The molecule has 4 rings (SSSR count). The molecule has 0 spiro atoms. The SMILES string of the molecule is Cn1ncc(N2CCC(C(=O)NCC3CCN(Cc4cccc(F)c4)CC3)C2)cc1=O. The topological polar surface area (TPSA) is 70.5 Å². The molecule has 2 aromatic rings. The number of nitrogens with zero attached hydrogens (tertiary/aromatic N) is 4. The van der Waals surface area contributed by atoms with Crippen molar-refractivity contribution in [1.29, 1.82) is 0 Å². The van der Waals surface area contributed by atoms with Crippen LogP contribution in [0.25, 0.3) is 0 Å². The van der Waals surface area contributed by atoms with Gasteiger partial charge < -0.3 is 10.2 Å². The van der Waals surface area contributed by atoms with Crippen molar-refractivity contribution in [3.05, 3.63) is 58.3 Å². The number of carbonyl (C=O) groups is 1. The fourth-order valence-electron chi connectivity index (χ4n) is 4.47. The molecule has 1 aromatic carbocycles. The van der Waals surface area contributed by atoms with Gasteiger partial charge in [-0.15, -0.1) is 0 Å². The minimum atomic E-state index is -0.188. The molecule has 2 aliphatic heterocycles. The summed E-state index contributed by atoms with van der Waals surface area (Å²) in [5.41, 5.74) is 1.64. The largest absolute Gasteiger partial charge is 0.369 e. The first-order valence-corrected chi connectivity index (χ1v) is 11.0. The minimum Gasteiger partial charge on any atom is -0.369 e. The van der Waals surface area contributed by atoms with Crippen LogP contribution in [0.2, 0.25) is 0 Å². The Kier molecular flexibility index (Phi) is 6.65. The van der Waals surface area contributed by atoms with Gasteiger partial charge in [0.05, 0.1) is 17.8 Å². The van der Waals surface area contributed by atoms with Crippen molar-refractivity contribution in [3.63, 3.8) is 0 Å². The van der Waals surface area contributed by atoms with Crippen LogP contribution in [0, 0.1) is 17.7 Å². The Labute approximate surface area is 181 Å². The van der Waals surface area contributed by atoms with Crippen molar-refractivity contribution in [2.45, 2.75) is 25.8 Å². The Hall–Kier alpha value is -2.74. The molecule has 1 aromatic heterocycles. The summed E-state index contributed by atoms with van der Waals surface area (Å²) >= 11 is 0. The first-order valence-electron chi connectivity index (χ1n) is 11.0. The molecule has 1 atom stereocenters. The number of piperidine rings is 1. The lowest BCUT2D eigenvalue weighted by molar-refractivity contribution is -0.124. The molecule has 2 aliphatic rings. The summed E-state index contributed by atoms with van der Waals surface area (Å²) in [4.78, 5) is 28.9. The van der Waals surface area contributed by atoms with E-state index >= 15 is 0 Å². The number of carbonyl (C=O) groups excluding carboxylic acids is 1. The number of likely N-dealkylation sites (tertiary alicyclic amines) is 1. The lowest BCUT2D eigenvalue weighted by Gasteiger charge is -2.32. The Morgan fingerprint density at radius 2 is 2.00 bits per heavy atom. The summed E-state index contributed by atoms with van der Waals surface area (Å²) in [6.45, 7) is 4.77. The van der Waals surface area contributed by atoms with E-state index in [2.05, 4.69) is 20.2 Å². The van der Waals surface area contributed by atoms with Crippen LogP contribution < -0.4 is 15.8 Å². The zero-order valence-electron chi connectivity index (χ0n) is 18.0. The second kappa shape index (κ2) is 9.60. The number of anilines is 1. The molecule has 1 unspecified atom stereocenters. The number of hydrogen-bond acceptors (Lipinski definition) is 5. The van der Waals surface area contributed by atoms with Crippen molar-refractivity contribution in [1.82, 2.24) is 20.0 Å². The molecule has 31 heavy (non-hydrogen) atoms. The molecule has 0 radical (unpaired) electrons. The van der Waals surface area contributed by atoms with Crippen LogP contribution in [0.4, 0.5) is 10.1 Å². The zero-order chi connectivity index (χ0) is 21.8. The van der Waals surface area contributed by atoms with Crippen LogP contribution in [0.1, 0.15) is 24.8 Å². The van der Waals surface area contributed by atoms with E-state index in [0.29, 0.717) is 19.0 Å². The van der Waals surface area contributed by atoms with E-state index < -0.39 is 0 Å². The molecule has 2 saturated heterocycles. The second-order valence-electron chi connectivity index (χ2n) is 8.70. The van der Waals surface area contributed by atoms with Crippen molar-refractivity contribution in [3.8, 4) is 0 Å². The highest BCUT2D eigenvalue weighted by molar-refractivity contribution is 5.80. The standard InChI is InChI=1S/C23H30FN5O2/c1-27-22(30)12-21(14-26-27)29-10-7-19(16-29)23(31)25-13-17-5-8-28(9-6-17)15-18-3-2-4-20(24)11-18/h2-4,11-12,14,17,19H,5-10,13,15-16H2,1H3,(H,25,31). The number of halogens is 1. The van der Waals surface area contributed by atoms with Crippen molar-refractivity contribution in [2.24, 2.45) is 18.9 Å². The molecular formula is C23H30FN5O2. The third-order valence-electron chi connectivity index (χ3n) is 6.45. The summed E-state index contributed by atoms with van der Waals surface area (Å²) < 4.78 is 14.7. The predicted octanol–water partition coefficient (Wildman–Crippen LogP) is 1.77. The highest BCUT2D eigenvalue weighted by atomic mass is 19.1. The van der Waals surface area contributed by atoms with E-state index in [1.807, 2.05) is 6.07 Å². The average molecular weight is 428 g/mol. The molecule has 0 bridgehead atoms. The summed E-state index contributed by atoms with van der Waals surface area (Å²) in [6.07, 6.45) is 4.53. The van der Waals surface area contributed by atoms with E-state index in [1.165, 1.54) is 10.7 Å². The molecule has 1 amide bonds. The molecule has 8 heteroatoms. The molecular weight excluding hydrogens is 397 g/mol. The summed E-state index contributed by atoms with van der Waals surface area (Å²) in [7, 11) is 1.62. The van der Waals surface area contributed by atoms with Gasteiger partial charge in [0, 0.05) is 39.3 Å². The van der Waals surface area contributed by atoms with E-state index in [-0.39, 0.29) is 23.2 Å². The molecule has 3 heterocycles. The quantitative estimate of drug-likeness (QED) is 0.761. The number of aromatic nitrogens is 2. The number of aryl methyl sites for hydroxylation is 1. The molecule has 0 saturated carbocycles. The summed E-state index contributed by atoms with van der Waals surface area (Å²) in [6, 6.07) is 8.36. The second-order valence-corrected chi connectivity index (χ2v) is 8.70. The van der Waals surface area contributed by atoms with E-state index in [9.17, 15) is 14.0 Å². The summed E-state index contributed by atoms with van der Waals surface area (Å²) in [5.74, 6) is 0.330. The first-order chi connectivity index (χ1) is 15.0. The normalized spacial score (nSPS) is 20.2. The van der Waals surface area contributed by atoms with Gasteiger partial charge in [0.2, 0.25) is 5.91 Å². The first kappa shape index (κ1) is 21.5. The predicted molar refractivity (Wildman–Crippen MR) is 117 cm³/mol. The Bertz CT molecular complexity index is 970. The number of amides is 1. The zero-order valence-corrected chi connectivity index (χ0v) is 18.0.